The highest BCUT2D eigenvalue weighted by Crippen LogP contribution is 2.15. The highest BCUT2D eigenvalue weighted by atomic mass is 127. The van der Waals surface area contributed by atoms with Crippen LogP contribution in [0.1, 0.15) is 16.3 Å². The number of guanidine groups is 1. The van der Waals surface area contributed by atoms with Crippen molar-refractivity contribution in [2.24, 2.45) is 4.99 Å². The first-order chi connectivity index (χ1) is 10.5. The lowest BCUT2D eigenvalue weighted by atomic mass is 10.2. The maximum absolute atomic E-state index is 13.8. The van der Waals surface area contributed by atoms with Gasteiger partial charge in [-0.15, -0.1) is 35.3 Å². The van der Waals surface area contributed by atoms with Gasteiger partial charge < -0.3 is 10.2 Å². The number of hydrogen-bond donors (Lipinski definition) is 1. The summed E-state index contributed by atoms with van der Waals surface area (Å²) in [6, 6.07) is 5.04. The van der Waals surface area contributed by atoms with Gasteiger partial charge in [-0.1, -0.05) is 22.0 Å². The summed E-state index contributed by atoms with van der Waals surface area (Å²) in [4.78, 5) is 10.6. The molecule has 126 valence electrons. The Balaban J connectivity index is 0.00000264. The molecule has 4 nitrogen and oxygen atoms in total. The van der Waals surface area contributed by atoms with Crippen molar-refractivity contribution in [1.82, 2.24) is 15.2 Å². The van der Waals surface area contributed by atoms with E-state index in [1.807, 2.05) is 30.3 Å². The van der Waals surface area contributed by atoms with E-state index >= 15 is 0 Å². The fourth-order valence-electron chi connectivity index (χ4n) is 2.02. The number of aromatic nitrogens is 1. The molecule has 0 unspecified atom stereocenters. The molecule has 0 amide bonds. The van der Waals surface area contributed by atoms with Crippen molar-refractivity contribution in [3.05, 3.63) is 50.1 Å². The van der Waals surface area contributed by atoms with Gasteiger partial charge in [0.25, 0.3) is 0 Å². The standard InChI is InChI=1S/C15H18BrFN4S.HI/c1-10-20-13(9-22-10)8-21(3)15(18-2)19-7-11-4-5-12(16)6-14(11)17;/h4-6,9H,7-8H2,1-3H3,(H,18,19);1H. The zero-order valence-corrected chi connectivity index (χ0v) is 17.9. The summed E-state index contributed by atoms with van der Waals surface area (Å²) in [5, 5.41) is 6.25. The highest BCUT2D eigenvalue weighted by molar-refractivity contribution is 14.0. The predicted molar refractivity (Wildman–Crippen MR) is 108 cm³/mol. The largest absolute Gasteiger partial charge is 0.352 e. The second-order valence-electron chi connectivity index (χ2n) is 4.85. The summed E-state index contributed by atoms with van der Waals surface area (Å²) >= 11 is 4.88. The SMILES string of the molecule is CN=C(NCc1ccc(Br)cc1F)N(C)Cc1csc(C)n1.I. The monoisotopic (exact) mass is 512 g/mol. The Hall–Kier alpha value is -0.740. The molecule has 0 saturated heterocycles. The minimum Gasteiger partial charge on any atom is -0.352 e. The Morgan fingerprint density at radius 3 is 2.78 bits per heavy atom. The van der Waals surface area contributed by atoms with Crippen molar-refractivity contribution in [2.45, 2.75) is 20.0 Å². The van der Waals surface area contributed by atoms with Gasteiger partial charge in [0.1, 0.15) is 5.82 Å². The van der Waals surface area contributed by atoms with Gasteiger partial charge in [-0.3, -0.25) is 4.99 Å². The van der Waals surface area contributed by atoms with Crippen LogP contribution in [-0.4, -0.2) is 29.9 Å². The molecule has 1 aromatic heterocycles. The minimum absolute atomic E-state index is 0. The number of rotatable bonds is 4. The summed E-state index contributed by atoms with van der Waals surface area (Å²) in [7, 11) is 3.64. The number of nitrogens with one attached hydrogen (secondary N) is 1. The van der Waals surface area contributed by atoms with Gasteiger partial charge in [0.05, 0.1) is 17.2 Å². The molecule has 1 N–H and O–H groups in total. The second-order valence-corrected chi connectivity index (χ2v) is 6.83. The summed E-state index contributed by atoms with van der Waals surface area (Å²) in [5.41, 5.74) is 1.60. The summed E-state index contributed by atoms with van der Waals surface area (Å²) in [5.74, 6) is 0.461. The Kier molecular flexibility index (Phi) is 8.41. The number of thiazole rings is 1. The van der Waals surface area contributed by atoms with Crippen LogP contribution in [0.15, 0.2) is 33.0 Å². The zero-order valence-electron chi connectivity index (χ0n) is 13.1. The van der Waals surface area contributed by atoms with Crippen molar-refractivity contribution >= 4 is 57.2 Å². The molecule has 2 rings (SSSR count). The molecule has 0 aliphatic heterocycles. The molecule has 0 radical (unpaired) electrons. The molecule has 2 aromatic rings. The molecule has 0 atom stereocenters. The third-order valence-corrected chi connectivity index (χ3v) is 4.41. The van der Waals surface area contributed by atoms with E-state index in [2.05, 4.69) is 31.2 Å². The van der Waals surface area contributed by atoms with E-state index in [-0.39, 0.29) is 29.8 Å². The first-order valence-corrected chi connectivity index (χ1v) is 8.43. The number of halogens is 3. The Labute approximate surface area is 165 Å². The molecule has 0 aliphatic rings. The lowest BCUT2D eigenvalue weighted by Crippen LogP contribution is -2.38. The van der Waals surface area contributed by atoms with E-state index in [0.29, 0.717) is 24.6 Å². The molecule has 1 aromatic carbocycles. The van der Waals surface area contributed by atoms with Crippen molar-refractivity contribution in [3.8, 4) is 0 Å². The third kappa shape index (κ3) is 6.00. The molecule has 0 fully saturated rings. The van der Waals surface area contributed by atoms with E-state index in [1.54, 1.807) is 24.5 Å². The smallest absolute Gasteiger partial charge is 0.194 e. The average molecular weight is 513 g/mol. The molecule has 0 aliphatic carbocycles. The predicted octanol–water partition coefficient (Wildman–Crippen LogP) is 4.18. The highest BCUT2D eigenvalue weighted by Gasteiger charge is 2.10. The molecule has 1 heterocycles. The first kappa shape index (κ1) is 20.3. The quantitative estimate of drug-likeness (QED) is 0.379. The van der Waals surface area contributed by atoms with Crippen LogP contribution in [0, 0.1) is 12.7 Å². The van der Waals surface area contributed by atoms with Crippen LogP contribution in [-0.2, 0) is 13.1 Å². The van der Waals surface area contributed by atoms with Crippen molar-refractivity contribution < 1.29 is 4.39 Å². The van der Waals surface area contributed by atoms with Gasteiger partial charge in [-0.25, -0.2) is 9.37 Å². The van der Waals surface area contributed by atoms with Gasteiger partial charge >= 0.3 is 0 Å². The molecular weight excluding hydrogens is 494 g/mol. The van der Waals surface area contributed by atoms with Crippen molar-refractivity contribution in [3.63, 3.8) is 0 Å². The van der Waals surface area contributed by atoms with Gasteiger partial charge in [0.15, 0.2) is 5.96 Å². The Bertz CT molecular complexity index is 677. The van der Waals surface area contributed by atoms with E-state index in [9.17, 15) is 4.39 Å². The van der Waals surface area contributed by atoms with Crippen LogP contribution < -0.4 is 5.32 Å². The number of aliphatic imine (C=N–C) groups is 1. The minimum atomic E-state index is -0.241. The van der Waals surface area contributed by atoms with Crippen LogP contribution in [0.4, 0.5) is 4.39 Å². The van der Waals surface area contributed by atoms with Crippen LogP contribution in [0.25, 0.3) is 0 Å². The Morgan fingerprint density at radius 2 is 2.22 bits per heavy atom. The van der Waals surface area contributed by atoms with E-state index in [1.165, 1.54) is 6.07 Å². The topological polar surface area (TPSA) is 40.5 Å². The summed E-state index contributed by atoms with van der Waals surface area (Å²) in [6.07, 6.45) is 0. The maximum Gasteiger partial charge on any atom is 0.194 e. The van der Waals surface area contributed by atoms with Gasteiger partial charge in [0, 0.05) is 36.1 Å². The number of aryl methyl sites for hydroxylation is 1. The molecule has 23 heavy (non-hydrogen) atoms. The molecule has 0 saturated carbocycles. The number of hydrogen-bond acceptors (Lipinski definition) is 3. The van der Waals surface area contributed by atoms with Crippen molar-refractivity contribution in [1.29, 1.82) is 0 Å². The molecule has 0 bridgehead atoms. The lowest BCUT2D eigenvalue weighted by molar-refractivity contribution is 0.469. The fourth-order valence-corrected chi connectivity index (χ4v) is 2.96. The lowest BCUT2D eigenvalue weighted by Gasteiger charge is -2.21. The number of nitrogens with zero attached hydrogens (tertiary/aromatic N) is 3. The van der Waals surface area contributed by atoms with Gasteiger partial charge in [-0.2, -0.15) is 0 Å². The fraction of sp³-hybridized carbons (Fsp3) is 0.333. The van der Waals surface area contributed by atoms with E-state index in [0.717, 1.165) is 15.2 Å². The molecular formula is C15H19BrFIN4S. The van der Waals surface area contributed by atoms with E-state index in [4.69, 9.17) is 0 Å². The maximum atomic E-state index is 13.8. The molecule has 0 spiro atoms. The summed E-state index contributed by atoms with van der Waals surface area (Å²) in [6.45, 7) is 3.02. The summed E-state index contributed by atoms with van der Waals surface area (Å²) < 4.78 is 14.6. The second kappa shape index (κ2) is 9.53. The molecule has 8 heteroatoms. The van der Waals surface area contributed by atoms with E-state index < -0.39 is 0 Å². The van der Waals surface area contributed by atoms with Crippen LogP contribution in [0.2, 0.25) is 0 Å². The Morgan fingerprint density at radius 1 is 1.48 bits per heavy atom. The number of benzene rings is 1. The third-order valence-electron chi connectivity index (χ3n) is 3.09. The van der Waals surface area contributed by atoms with Gasteiger partial charge in [-0.05, 0) is 19.1 Å². The first-order valence-electron chi connectivity index (χ1n) is 6.76. The van der Waals surface area contributed by atoms with Crippen LogP contribution in [0.5, 0.6) is 0 Å². The average Bonchev–Trinajstić information content (AvgIpc) is 2.86. The van der Waals surface area contributed by atoms with Crippen LogP contribution in [0.3, 0.4) is 0 Å². The van der Waals surface area contributed by atoms with Gasteiger partial charge in [0.2, 0.25) is 0 Å². The van der Waals surface area contributed by atoms with Crippen molar-refractivity contribution in [2.75, 3.05) is 14.1 Å². The zero-order chi connectivity index (χ0) is 16.1. The van der Waals surface area contributed by atoms with Crippen LogP contribution >= 0.6 is 51.2 Å². The normalized spacial score (nSPS) is 11.1.